The first-order valence-electron chi connectivity index (χ1n) is 22.3. The van der Waals surface area contributed by atoms with E-state index < -0.39 is 0 Å². The van der Waals surface area contributed by atoms with Crippen LogP contribution in [0.4, 0.5) is 0 Å². The molecule has 2 aromatic heterocycles. The van der Waals surface area contributed by atoms with Crippen molar-refractivity contribution >= 4 is 21.8 Å². The summed E-state index contributed by atoms with van der Waals surface area (Å²) in [6.45, 7) is 4.26. The number of nitrogens with zero attached hydrogens (tertiary/aromatic N) is 5. The molecule has 0 amide bonds. The maximum Gasteiger partial charge on any atom is 0.160 e. The Hall–Kier alpha value is -9.16. The molecule has 2 heterocycles. The number of hydrogen-bond donors (Lipinski definition) is 0. The van der Waals surface area contributed by atoms with E-state index in [2.05, 4.69) is 158 Å². The van der Waals surface area contributed by atoms with Crippen LogP contribution in [-0.2, 0) is 0 Å². The minimum Gasteiger partial charge on any atom is -0.308 e. The molecule has 9 aromatic carbocycles. The summed E-state index contributed by atoms with van der Waals surface area (Å²) >= 11 is 0. The second kappa shape index (κ2) is 17.1. The highest BCUT2D eigenvalue weighted by Crippen LogP contribution is 2.45. The zero-order valence-corrected chi connectivity index (χ0v) is 36.9. The lowest BCUT2D eigenvalue weighted by atomic mass is 9.91. The second-order valence-electron chi connectivity index (χ2n) is 17.0. The van der Waals surface area contributed by atoms with E-state index in [1.54, 1.807) is 0 Å². The van der Waals surface area contributed by atoms with Crippen molar-refractivity contribution < 1.29 is 0 Å². The molecule has 0 bridgehead atoms. The standard InChI is InChI=1S/C62H41N5/c1-40-11-9-17-48(31-40)50-27-29-59-55(33-50)56-34-51(49-18-10-12-41(2)32-49)28-30-60(56)67(59)61-53(44-23-19-42(38-63)20-24-44)35-52(36-54(61)45-25-21-43(39-64)22-26-45)62-65-57(46-13-5-3-6-14-46)37-58(66-62)47-15-7-4-8-16-47/h3-37H,1-2H3. The molecule has 5 heteroatoms. The fourth-order valence-electron chi connectivity index (χ4n) is 9.26. The molecule has 314 valence electrons. The molecule has 0 saturated carbocycles. The minimum absolute atomic E-state index is 0.573. The largest absolute Gasteiger partial charge is 0.308 e. The Morgan fingerprint density at radius 2 is 0.761 bits per heavy atom. The van der Waals surface area contributed by atoms with Gasteiger partial charge in [-0.05, 0) is 114 Å². The van der Waals surface area contributed by atoms with Crippen LogP contribution in [0.25, 0.3) is 106 Å². The molecule has 0 unspecified atom stereocenters. The third-order valence-electron chi connectivity index (χ3n) is 12.6. The Labute approximate surface area is 389 Å². The number of benzene rings is 9. The monoisotopic (exact) mass is 855 g/mol. The molecule has 0 radical (unpaired) electrons. The SMILES string of the molecule is Cc1cccc(-c2ccc3c(c2)c2cc(-c4cccc(C)c4)ccc2n3-c2c(-c3ccc(C#N)cc3)cc(-c3nc(-c4ccccc4)cc(-c4ccccc4)n3)cc2-c2ccc(C#N)cc2)c1. The molecule has 0 aliphatic carbocycles. The van der Waals surface area contributed by atoms with E-state index in [0.717, 1.165) is 100 Å². The van der Waals surface area contributed by atoms with Gasteiger partial charge in [-0.2, -0.15) is 10.5 Å². The predicted molar refractivity (Wildman–Crippen MR) is 273 cm³/mol. The number of nitriles is 2. The Morgan fingerprint density at radius 1 is 0.358 bits per heavy atom. The predicted octanol–water partition coefficient (Wildman–Crippen LogP) is 15.6. The lowest BCUT2D eigenvalue weighted by molar-refractivity contribution is 1.17. The van der Waals surface area contributed by atoms with Gasteiger partial charge in [0.1, 0.15) is 0 Å². The molecule has 5 nitrogen and oxygen atoms in total. The topological polar surface area (TPSA) is 78.3 Å². The van der Waals surface area contributed by atoms with Gasteiger partial charge in [-0.3, -0.25) is 0 Å². The molecular formula is C62H41N5. The van der Waals surface area contributed by atoms with Crippen LogP contribution in [0, 0.1) is 36.5 Å². The summed E-state index contributed by atoms with van der Waals surface area (Å²) in [5, 5.41) is 22.2. The van der Waals surface area contributed by atoms with Gasteiger partial charge < -0.3 is 4.57 Å². The first kappa shape index (κ1) is 40.6. The minimum atomic E-state index is 0.573. The van der Waals surface area contributed by atoms with Gasteiger partial charge in [0, 0.05) is 38.6 Å². The summed E-state index contributed by atoms with van der Waals surface area (Å²) in [4.78, 5) is 10.6. The van der Waals surface area contributed by atoms with Crippen LogP contribution in [0.3, 0.4) is 0 Å². The Kier molecular flexibility index (Phi) is 10.4. The fraction of sp³-hybridized carbons (Fsp3) is 0.0323. The molecule has 0 atom stereocenters. The zero-order chi connectivity index (χ0) is 45.4. The number of rotatable bonds is 8. The molecule has 0 spiro atoms. The quantitative estimate of drug-likeness (QED) is 0.152. The second-order valence-corrected chi connectivity index (χ2v) is 17.0. The van der Waals surface area contributed by atoms with Crippen molar-refractivity contribution in [2.24, 2.45) is 0 Å². The maximum absolute atomic E-state index is 9.96. The van der Waals surface area contributed by atoms with Crippen LogP contribution in [0.15, 0.2) is 212 Å². The van der Waals surface area contributed by atoms with E-state index in [1.165, 1.54) is 11.1 Å². The van der Waals surface area contributed by atoms with Crippen LogP contribution in [0.5, 0.6) is 0 Å². The molecule has 0 aliphatic heterocycles. The van der Waals surface area contributed by atoms with Crippen LogP contribution in [0.2, 0.25) is 0 Å². The van der Waals surface area contributed by atoms with E-state index in [1.807, 2.05) is 84.9 Å². The Morgan fingerprint density at radius 3 is 1.18 bits per heavy atom. The van der Waals surface area contributed by atoms with Gasteiger partial charge in [-0.1, -0.05) is 157 Å². The normalized spacial score (nSPS) is 11.1. The van der Waals surface area contributed by atoms with E-state index in [0.29, 0.717) is 17.0 Å². The first-order chi connectivity index (χ1) is 32.9. The Bertz CT molecular complexity index is 3520. The van der Waals surface area contributed by atoms with Crippen LogP contribution >= 0.6 is 0 Å². The average molecular weight is 856 g/mol. The number of aromatic nitrogens is 3. The highest BCUT2D eigenvalue weighted by atomic mass is 15.0. The van der Waals surface area contributed by atoms with Crippen LogP contribution < -0.4 is 0 Å². The van der Waals surface area contributed by atoms with Crippen molar-refractivity contribution in [1.29, 1.82) is 10.5 Å². The summed E-state index contributed by atoms with van der Waals surface area (Å²) in [6, 6.07) is 78.0. The summed E-state index contributed by atoms with van der Waals surface area (Å²) in [5.41, 5.74) is 19.3. The number of fused-ring (bicyclic) bond motifs is 3. The molecule has 11 aromatic rings. The van der Waals surface area contributed by atoms with Crippen molar-refractivity contribution in [3.05, 3.63) is 235 Å². The summed E-state index contributed by atoms with van der Waals surface area (Å²) < 4.78 is 2.40. The molecule has 0 fully saturated rings. The number of hydrogen-bond acceptors (Lipinski definition) is 4. The third kappa shape index (κ3) is 7.72. The summed E-state index contributed by atoms with van der Waals surface area (Å²) in [5.74, 6) is 0.573. The van der Waals surface area contributed by atoms with Gasteiger partial charge >= 0.3 is 0 Å². The van der Waals surface area contributed by atoms with Crippen molar-refractivity contribution in [3.8, 4) is 96.2 Å². The van der Waals surface area contributed by atoms with Crippen molar-refractivity contribution in [1.82, 2.24) is 14.5 Å². The maximum atomic E-state index is 9.96. The zero-order valence-electron chi connectivity index (χ0n) is 36.9. The van der Waals surface area contributed by atoms with E-state index >= 15 is 0 Å². The fourth-order valence-corrected chi connectivity index (χ4v) is 9.26. The average Bonchev–Trinajstić information content (AvgIpc) is 3.71. The van der Waals surface area contributed by atoms with E-state index in [-0.39, 0.29) is 0 Å². The number of aryl methyl sites for hydroxylation is 2. The van der Waals surface area contributed by atoms with Gasteiger partial charge in [-0.15, -0.1) is 0 Å². The molecule has 67 heavy (non-hydrogen) atoms. The lowest BCUT2D eigenvalue weighted by Gasteiger charge is -2.21. The van der Waals surface area contributed by atoms with Gasteiger partial charge in [0.05, 0.1) is 51.4 Å². The van der Waals surface area contributed by atoms with Gasteiger partial charge in [0.2, 0.25) is 0 Å². The third-order valence-corrected chi connectivity index (χ3v) is 12.6. The molecule has 11 rings (SSSR count). The molecular weight excluding hydrogens is 815 g/mol. The Balaban J connectivity index is 1.26. The van der Waals surface area contributed by atoms with Crippen LogP contribution in [0.1, 0.15) is 22.3 Å². The van der Waals surface area contributed by atoms with Gasteiger partial charge in [0.25, 0.3) is 0 Å². The summed E-state index contributed by atoms with van der Waals surface area (Å²) in [6.07, 6.45) is 0. The first-order valence-corrected chi connectivity index (χ1v) is 22.3. The van der Waals surface area contributed by atoms with Crippen molar-refractivity contribution in [2.75, 3.05) is 0 Å². The van der Waals surface area contributed by atoms with Gasteiger partial charge in [-0.25, -0.2) is 9.97 Å². The van der Waals surface area contributed by atoms with E-state index in [9.17, 15) is 10.5 Å². The molecule has 0 N–H and O–H groups in total. The van der Waals surface area contributed by atoms with E-state index in [4.69, 9.17) is 9.97 Å². The molecule has 0 saturated heterocycles. The molecule has 0 aliphatic rings. The highest BCUT2D eigenvalue weighted by molar-refractivity contribution is 6.13. The van der Waals surface area contributed by atoms with Crippen molar-refractivity contribution in [3.63, 3.8) is 0 Å². The smallest absolute Gasteiger partial charge is 0.160 e. The lowest BCUT2D eigenvalue weighted by Crippen LogP contribution is -2.03. The van der Waals surface area contributed by atoms with Crippen molar-refractivity contribution in [2.45, 2.75) is 13.8 Å². The highest BCUT2D eigenvalue weighted by Gasteiger charge is 2.24. The van der Waals surface area contributed by atoms with Crippen LogP contribution in [-0.4, -0.2) is 14.5 Å². The summed E-state index contributed by atoms with van der Waals surface area (Å²) in [7, 11) is 0. The van der Waals surface area contributed by atoms with Gasteiger partial charge in [0.15, 0.2) is 5.82 Å².